The van der Waals surface area contributed by atoms with Gasteiger partial charge in [0.1, 0.15) is 5.82 Å². The second-order valence-electron chi connectivity index (χ2n) is 7.25. The molecule has 1 N–H and O–H groups in total. The van der Waals surface area contributed by atoms with Crippen LogP contribution in [0.2, 0.25) is 0 Å². The molecule has 2 aromatic rings. The van der Waals surface area contributed by atoms with Crippen molar-refractivity contribution in [2.75, 3.05) is 29.9 Å². The second-order valence-corrected chi connectivity index (χ2v) is 7.25. The third-order valence-corrected chi connectivity index (χ3v) is 4.74. The molecule has 0 unspecified atom stereocenters. The third-order valence-electron chi connectivity index (χ3n) is 4.74. The van der Waals surface area contributed by atoms with Crippen molar-refractivity contribution in [3.05, 3.63) is 24.3 Å². The van der Waals surface area contributed by atoms with Gasteiger partial charge >= 0.3 is 0 Å². The molecule has 0 radical (unpaired) electrons. The Labute approximate surface area is 145 Å². The molecule has 1 aromatic carbocycles. The summed E-state index contributed by atoms with van der Waals surface area (Å²) in [6.45, 7) is 7.62. The normalized spacial score (nSPS) is 16.2. The zero-order valence-corrected chi connectivity index (χ0v) is 15.1. The first-order valence-corrected chi connectivity index (χ1v) is 9.49. The lowest BCUT2D eigenvalue weighted by atomic mass is 10.1. The number of nitrogens with zero attached hydrogens (tertiary/aromatic N) is 3. The van der Waals surface area contributed by atoms with Gasteiger partial charge in [-0.2, -0.15) is 4.98 Å². The van der Waals surface area contributed by atoms with Crippen LogP contribution in [0.25, 0.3) is 10.9 Å². The molecule has 0 atom stereocenters. The zero-order chi connectivity index (χ0) is 16.8. The molecule has 2 heterocycles. The molecule has 1 aromatic heterocycles. The van der Waals surface area contributed by atoms with Crippen LogP contribution >= 0.6 is 0 Å². The van der Waals surface area contributed by atoms with Crippen molar-refractivity contribution in [3.8, 4) is 0 Å². The molecule has 130 valence electrons. The topological polar surface area (TPSA) is 41.1 Å². The summed E-state index contributed by atoms with van der Waals surface area (Å²) in [5.74, 6) is 2.56. The van der Waals surface area contributed by atoms with Crippen molar-refractivity contribution in [1.82, 2.24) is 9.97 Å². The van der Waals surface area contributed by atoms with E-state index in [1.165, 1.54) is 37.5 Å². The molecule has 0 saturated carbocycles. The maximum atomic E-state index is 4.90. The molecule has 1 saturated heterocycles. The summed E-state index contributed by atoms with van der Waals surface area (Å²) in [6, 6.07) is 8.40. The lowest BCUT2D eigenvalue weighted by molar-refractivity contribution is 0.554. The van der Waals surface area contributed by atoms with Gasteiger partial charge in [-0.05, 0) is 37.3 Å². The van der Waals surface area contributed by atoms with Gasteiger partial charge in [-0.15, -0.1) is 0 Å². The van der Waals surface area contributed by atoms with E-state index in [0.717, 1.165) is 43.3 Å². The van der Waals surface area contributed by atoms with Gasteiger partial charge in [0.25, 0.3) is 0 Å². The third kappa shape index (κ3) is 4.37. The van der Waals surface area contributed by atoms with Gasteiger partial charge in [0.2, 0.25) is 5.95 Å². The largest absolute Gasteiger partial charge is 0.356 e. The Bertz CT molecular complexity index is 645. The van der Waals surface area contributed by atoms with E-state index < -0.39 is 0 Å². The van der Waals surface area contributed by atoms with E-state index in [9.17, 15) is 0 Å². The van der Waals surface area contributed by atoms with Crippen LogP contribution in [0.5, 0.6) is 0 Å². The van der Waals surface area contributed by atoms with Crippen LogP contribution < -0.4 is 10.2 Å². The molecule has 0 amide bonds. The molecule has 1 aliphatic rings. The highest BCUT2D eigenvalue weighted by molar-refractivity contribution is 5.90. The van der Waals surface area contributed by atoms with Crippen LogP contribution in [0, 0.1) is 5.92 Å². The van der Waals surface area contributed by atoms with E-state index in [4.69, 9.17) is 9.97 Å². The van der Waals surface area contributed by atoms with Crippen molar-refractivity contribution in [1.29, 1.82) is 0 Å². The van der Waals surface area contributed by atoms with Gasteiger partial charge in [-0.1, -0.05) is 45.2 Å². The summed E-state index contributed by atoms with van der Waals surface area (Å²) in [6.07, 6.45) is 7.69. The molecular weight excluding hydrogens is 296 g/mol. The molecule has 4 nitrogen and oxygen atoms in total. The van der Waals surface area contributed by atoms with Gasteiger partial charge in [-0.3, -0.25) is 0 Å². The standard InChI is InChI=1S/C20H30N4/c1-16(2)12-13-21-20-22-18-11-7-6-10-17(18)19(23-20)24-14-8-4-3-5-9-15-24/h6-7,10-11,16H,3-5,8-9,12-15H2,1-2H3,(H,21,22,23). The smallest absolute Gasteiger partial charge is 0.225 e. The predicted molar refractivity (Wildman–Crippen MR) is 103 cm³/mol. The van der Waals surface area contributed by atoms with E-state index in [1.807, 2.05) is 0 Å². The Hall–Kier alpha value is -1.84. The van der Waals surface area contributed by atoms with Crippen molar-refractivity contribution in [3.63, 3.8) is 0 Å². The minimum Gasteiger partial charge on any atom is -0.356 e. The number of hydrogen-bond acceptors (Lipinski definition) is 4. The van der Waals surface area contributed by atoms with Crippen LogP contribution in [0.3, 0.4) is 0 Å². The Morgan fingerprint density at radius 3 is 2.46 bits per heavy atom. The van der Waals surface area contributed by atoms with Gasteiger partial charge in [-0.25, -0.2) is 4.98 Å². The quantitative estimate of drug-likeness (QED) is 0.852. The van der Waals surface area contributed by atoms with Crippen LogP contribution in [0.15, 0.2) is 24.3 Å². The predicted octanol–water partition coefficient (Wildman–Crippen LogP) is 4.86. The molecule has 0 aliphatic carbocycles. The Balaban J connectivity index is 1.88. The number of benzene rings is 1. The summed E-state index contributed by atoms with van der Waals surface area (Å²) in [5, 5.41) is 4.60. The van der Waals surface area contributed by atoms with Crippen molar-refractivity contribution in [2.24, 2.45) is 5.92 Å². The maximum absolute atomic E-state index is 4.90. The minimum atomic E-state index is 0.687. The van der Waals surface area contributed by atoms with E-state index in [2.05, 4.69) is 48.3 Å². The molecule has 0 bridgehead atoms. The number of hydrogen-bond donors (Lipinski definition) is 1. The number of anilines is 2. The zero-order valence-electron chi connectivity index (χ0n) is 15.1. The fourth-order valence-electron chi connectivity index (χ4n) is 3.31. The highest BCUT2D eigenvalue weighted by atomic mass is 15.2. The lowest BCUT2D eigenvalue weighted by Gasteiger charge is -2.27. The average Bonchev–Trinajstić information content (AvgIpc) is 2.54. The number of para-hydroxylation sites is 1. The Morgan fingerprint density at radius 1 is 1.00 bits per heavy atom. The SMILES string of the molecule is CC(C)CCNc1nc(N2CCCCCCC2)c2ccccc2n1. The second kappa shape index (κ2) is 8.32. The van der Waals surface area contributed by atoms with E-state index in [-0.39, 0.29) is 0 Å². The molecule has 3 rings (SSSR count). The molecule has 0 spiro atoms. The highest BCUT2D eigenvalue weighted by Gasteiger charge is 2.15. The Kier molecular flexibility index (Phi) is 5.89. The maximum Gasteiger partial charge on any atom is 0.225 e. The van der Waals surface area contributed by atoms with Crippen LogP contribution in [-0.4, -0.2) is 29.6 Å². The fourth-order valence-corrected chi connectivity index (χ4v) is 3.31. The van der Waals surface area contributed by atoms with Gasteiger partial charge in [0, 0.05) is 25.0 Å². The first-order chi connectivity index (χ1) is 11.7. The summed E-state index contributed by atoms with van der Waals surface area (Å²) in [5.41, 5.74) is 1.04. The first-order valence-electron chi connectivity index (χ1n) is 9.49. The van der Waals surface area contributed by atoms with Crippen molar-refractivity contribution in [2.45, 2.75) is 52.4 Å². The average molecular weight is 326 g/mol. The molecular formula is C20H30N4. The van der Waals surface area contributed by atoms with Crippen molar-refractivity contribution < 1.29 is 0 Å². The first kappa shape index (κ1) is 17.0. The van der Waals surface area contributed by atoms with Crippen molar-refractivity contribution >= 4 is 22.7 Å². The van der Waals surface area contributed by atoms with E-state index in [1.54, 1.807) is 0 Å². The van der Waals surface area contributed by atoms with E-state index >= 15 is 0 Å². The van der Waals surface area contributed by atoms with Crippen LogP contribution in [-0.2, 0) is 0 Å². The molecule has 4 heteroatoms. The van der Waals surface area contributed by atoms with Crippen LogP contribution in [0.1, 0.15) is 52.4 Å². The molecule has 24 heavy (non-hydrogen) atoms. The minimum absolute atomic E-state index is 0.687. The fraction of sp³-hybridized carbons (Fsp3) is 0.600. The summed E-state index contributed by atoms with van der Waals surface area (Å²) in [7, 11) is 0. The summed E-state index contributed by atoms with van der Waals surface area (Å²) < 4.78 is 0. The lowest BCUT2D eigenvalue weighted by Crippen LogP contribution is -2.28. The molecule has 1 aliphatic heterocycles. The summed E-state index contributed by atoms with van der Waals surface area (Å²) in [4.78, 5) is 12.1. The van der Waals surface area contributed by atoms with Gasteiger partial charge in [0.15, 0.2) is 0 Å². The Morgan fingerprint density at radius 2 is 1.71 bits per heavy atom. The van der Waals surface area contributed by atoms with Gasteiger partial charge in [0.05, 0.1) is 5.52 Å². The highest BCUT2D eigenvalue weighted by Crippen LogP contribution is 2.27. The number of rotatable bonds is 5. The summed E-state index contributed by atoms with van der Waals surface area (Å²) >= 11 is 0. The monoisotopic (exact) mass is 326 g/mol. The van der Waals surface area contributed by atoms with Gasteiger partial charge < -0.3 is 10.2 Å². The number of fused-ring (bicyclic) bond motifs is 1. The number of aromatic nitrogens is 2. The molecule has 1 fully saturated rings. The van der Waals surface area contributed by atoms with Crippen LogP contribution in [0.4, 0.5) is 11.8 Å². The van der Waals surface area contributed by atoms with E-state index in [0.29, 0.717) is 5.92 Å². The number of nitrogens with one attached hydrogen (secondary N) is 1.